The molecule has 1 atom stereocenters. The van der Waals surface area contributed by atoms with Gasteiger partial charge < -0.3 is 15.4 Å². The second-order valence-electron chi connectivity index (χ2n) is 5.60. The van der Waals surface area contributed by atoms with Gasteiger partial charge in [0.15, 0.2) is 0 Å². The Bertz CT molecular complexity index is 817. The summed E-state index contributed by atoms with van der Waals surface area (Å²) in [6, 6.07) is 13.5. The van der Waals surface area contributed by atoms with E-state index in [2.05, 4.69) is 15.4 Å². The number of fused-ring (bicyclic) bond motifs is 1. The number of hydrogen-bond donors (Lipinski definition) is 2. The number of anilines is 1. The maximum absolute atomic E-state index is 12.2. The molecule has 8 heteroatoms. The number of alkyl halides is 2. The molecule has 2 aromatic carbocycles. The van der Waals surface area contributed by atoms with E-state index in [9.17, 15) is 18.4 Å². The molecule has 0 radical (unpaired) electrons. The van der Waals surface area contributed by atoms with Crippen molar-refractivity contribution >= 4 is 29.3 Å². The van der Waals surface area contributed by atoms with Crippen LogP contribution in [0.4, 0.5) is 14.5 Å². The predicted octanol–water partition coefficient (Wildman–Crippen LogP) is 3.41. The lowest BCUT2D eigenvalue weighted by atomic mass is 10.2. The van der Waals surface area contributed by atoms with Gasteiger partial charge in [0, 0.05) is 17.9 Å². The van der Waals surface area contributed by atoms with E-state index in [0.29, 0.717) is 5.56 Å². The SMILES string of the molecule is O=C(C[C@@H]1Sc2ccccc2NC1=O)NCc1cccc(OC(F)F)c1. The molecular formula is C18H16F2N2O3S. The highest BCUT2D eigenvalue weighted by Gasteiger charge is 2.28. The number of thioether (sulfide) groups is 1. The van der Waals surface area contributed by atoms with E-state index in [0.717, 1.165) is 10.6 Å². The molecule has 0 aromatic heterocycles. The first-order valence-electron chi connectivity index (χ1n) is 7.88. The Morgan fingerprint density at radius 3 is 2.85 bits per heavy atom. The standard InChI is InChI=1S/C18H16F2N2O3S/c19-18(20)25-12-5-3-4-11(8-12)10-21-16(23)9-15-17(24)22-13-6-1-2-7-14(13)26-15/h1-8,15,18H,9-10H2,(H,21,23)(H,22,24)/t15-/m0/s1. The van der Waals surface area contributed by atoms with Gasteiger partial charge in [-0.2, -0.15) is 8.78 Å². The predicted molar refractivity (Wildman–Crippen MR) is 94.3 cm³/mol. The number of benzene rings is 2. The Morgan fingerprint density at radius 1 is 1.23 bits per heavy atom. The summed E-state index contributed by atoms with van der Waals surface area (Å²) in [4.78, 5) is 25.2. The highest BCUT2D eigenvalue weighted by atomic mass is 32.2. The number of halogens is 2. The van der Waals surface area contributed by atoms with E-state index >= 15 is 0 Å². The number of hydrogen-bond acceptors (Lipinski definition) is 4. The average molecular weight is 378 g/mol. The van der Waals surface area contributed by atoms with Crippen LogP contribution in [-0.2, 0) is 16.1 Å². The van der Waals surface area contributed by atoms with Crippen LogP contribution < -0.4 is 15.4 Å². The van der Waals surface area contributed by atoms with Gasteiger partial charge in [-0.1, -0.05) is 24.3 Å². The van der Waals surface area contributed by atoms with Crippen LogP contribution >= 0.6 is 11.8 Å². The Hall–Kier alpha value is -2.61. The minimum Gasteiger partial charge on any atom is -0.435 e. The number of carbonyl (C=O) groups is 2. The number of nitrogens with one attached hydrogen (secondary N) is 2. The zero-order valence-corrected chi connectivity index (χ0v) is 14.4. The Balaban J connectivity index is 1.54. The van der Waals surface area contributed by atoms with Crippen LogP contribution in [-0.4, -0.2) is 23.7 Å². The normalized spacial score (nSPS) is 16.0. The first kappa shape index (κ1) is 18.2. The summed E-state index contributed by atoms with van der Waals surface area (Å²) in [5, 5.41) is 4.97. The van der Waals surface area contributed by atoms with Crippen LogP contribution in [0.15, 0.2) is 53.4 Å². The average Bonchev–Trinajstić information content (AvgIpc) is 2.60. The number of rotatable bonds is 6. The highest BCUT2D eigenvalue weighted by Crippen LogP contribution is 2.36. The molecule has 0 fully saturated rings. The van der Waals surface area contributed by atoms with Crippen LogP contribution in [0.1, 0.15) is 12.0 Å². The molecule has 1 aliphatic heterocycles. The van der Waals surface area contributed by atoms with Crippen molar-refractivity contribution in [1.82, 2.24) is 5.32 Å². The van der Waals surface area contributed by atoms with Crippen molar-refractivity contribution in [3.63, 3.8) is 0 Å². The fraction of sp³-hybridized carbons (Fsp3) is 0.222. The Kier molecular flexibility index (Phi) is 5.72. The Labute approximate surface area is 153 Å². The molecule has 1 heterocycles. The molecular weight excluding hydrogens is 362 g/mol. The van der Waals surface area contributed by atoms with Gasteiger partial charge in [-0.3, -0.25) is 9.59 Å². The topological polar surface area (TPSA) is 67.4 Å². The van der Waals surface area contributed by atoms with Crippen LogP contribution in [0.3, 0.4) is 0 Å². The van der Waals surface area contributed by atoms with Gasteiger partial charge >= 0.3 is 6.61 Å². The summed E-state index contributed by atoms with van der Waals surface area (Å²) < 4.78 is 28.8. The minimum atomic E-state index is -2.90. The molecule has 2 amide bonds. The molecule has 2 aromatic rings. The monoisotopic (exact) mass is 378 g/mol. The van der Waals surface area contributed by atoms with Gasteiger partial charge in [-0.25, -0.2) is 0 Å². The van der Waals surface area contributed by atoms with E-state index in [1.165, 1.54) is 23.9 Å². The van der Waals surface area contributed by atoms with Crippen molar-refractivity contribution in [2.45, 2.75) is 29.7 Å². The van der Waals surface area contributed by atoms with E-state index < -0.39 is 11.9 Å². The maximum atomic E-state index is 12.2. The zero-order valence-electron chi connectivity index (χ0n) is 13.6. The molecule has 0 aliphatic carbocycles. The third-order valence-corrected chi connectivity index (χ3v) is 4.97. The number of carbonyl (C=O) groups excluding carboxylic acids is 2. The lowest BCUT2D eigenvalue weighted by Crippen LogP contribution is -2.34. The van der Waals surface area contributed by atoms with Crippen molar-refractivity contribution < 1.29 is 23.1 Å². The lowest BCUT2D eigenvalue weighted by Gasteiger charge is -2.23. The van der Waals surface area contributed by atoms with Gasteiger partial charge in [-0.05, 0) is 29.8 Å². The van der Waals surface area contributed by atoms with Crippen LogP contribution in [0, 0.1) is 0 Å². The molecule has 26 heavy (non-hydrogen) atoms. The summed E-state index contributed by atoms with van der Waals surface area (Å²) in [5.74, 6) is -0.473. The smallest absolute Gasteiger partial charge is 0.387 e. The van der Waals surface area contributed by atoms with Crippen molar-refractivity contribution in [2.24, 2.45) is 0 Å². The molecule has 2 N–H and O–H groups in total. The quantitative estimate of drug-likeness (QED) is 0.808. The molecule has 136 valence electrons. The van der Waals surface area contributed by atoms with E-state index in [1.54, 1.807) is 12.1 Å². The molecule has 0 unspecified atom stereocenters. The van der Waals surface area contributed by atoms with Crippen molar-refractivity contribution in [2.75, 3.05) is 5.32 Å². The summed E-state index contributed by atoms with van der Waals surface area (Å²) >= 11 is 1.35. The fourth-order valence-electron chi connectivity index (χ4n) is 2.50. The van der Waals surface area contributed by atoms with Gasteiger partial charge in [0.25, 0.3) is 0 Å². The maximum Gasteiger partial charge on any atom is 0.387 e. The first-order chi connectivity index (χ1) is 12.5. The van der Waals surface area contributed by atoms with E-state index in [1.807, 2.05) is 24.3 Å². The van der Waals surface area contributed by atoms with Crippen molar-refractivity contribution in [3.05, 3.63) is 54.1 Å². The molecule has 0 saturated carbocycles. The first-order valence-corrected chi connectivity index (χ1v) is 8.76. The van der Waals surface area contributed by atoms with Crippen LogP contribution in [0.5, 0.6) is 5.75 Å². The number of para-hydroxylation sites is 1. The summed E-state index contributed by atoms with van der Waals surface area (Å²) in [5.41, 5.74) is 1.37. The number of amides is 2. The van der Waals surface area contributed by atoms with E-state index in [4.69, 9.17) is 0 Å². The number of ether oxygens (including phenoxy) is 1. The second-order valence-corrected chi connectivity index (χ2v) is 6.84. The summed E-state index contributed by atoms with van der Waals surface area (Å²) in [6.07, 6.45) is 0.0259. The molecule has 0 spiro atoms. The van der Waals surface area contributed by atoms with Crippen molar-refractivity contribution in [1.29, 1.82) is 0 Å². The van der Waals surface area contributed by atoms with Crippen LogP contribution in [0.2, 0.25) is 0 Å². The van der Waals surface area contributed by atoms with Gasteiger partial charge in [0.1, 0.15) is 5.75 Å². The highest BCUT2D eigenvalue weighted by molar-refractivity contribution is 8.01. The summed E-state index contributed by atoms with van der Waals surface area (Å²) in [7, 11) is 0. The molecule has 0 saturated heterocycles. The van der Waals surface area contributed by atoms with E-state index in [-0.39, 0.29) is 30.5 Å². The van der Waals surface area contributed by atoms with Crippen molar-refractivity contribution in [3.8, 4) is 5.75 Å². The van der Waals surface area contributed by atoms with Gasteiger partial charge in [0.05, 0.1) is 10.9 Å². The minimum absolute atomic E-state index is 0.0259. The third-order valence-electron chi connectivity index (χ3n) is 3.69. The Morgan fingerprint density at radius 2 is 2.04 bits per heavy atom. The van der Waals surface area contributed by atoms with Gasteiger partial charge in [0.2, 0.25) is 11.8 Å². The fourth-order valence-corrected chi connectivity index (χ4v) is 3.61. The molecule has 3 rings (SSSR count). The molecule has 1 aliphatic rings. The second kappa shape index (κ2) is 8.18. The summed E-state index contributed by atoms with van der Waals surface area (Å²) in [6.45, 7) is -2.74. The van der Waals surface area contributed by atoms with Gasteiger partial charge in [-0.15, -0.1) is 11.8 Å². The van der Waals surface area contributed by atoms with Crippen LogP contribution in [0.25, 0.3) is 0 Å². The molecule has 0 bridgehead atoms. The lowest BCUT2D eigenvalue weighted by molar-refractivity contribution is -0.124. The zero-order chi connectivity index (χ0) is 18.5. The molecule has 5 nitrogen and oxygen atoms in total. The largest absolute Gasteiger partial charge is 0.435 e. The third kappa shape index (κ3) is 4.72.